The average Bonchev–Trinajstić information content (AvgIpc) is 3.23. The Hall–Kier alpha value is -2.07. The van der Waals surface area contributed by atoms with Crippen molar-refractivity contribution in [3.8, 4) is 0 Å². The number of aryl methyl sites for hydroxylation is 2. The van der Waals surface area contributed by atoms with E-state index in [4.69, 9.17) is 0 Å². The van der Waals surface area contributed by atoms with Crippen molar-refractivity contribution in [2.24, 2.45) is 12.0 Å². The molecule has 0 fully saturated rings. The number of nitrogens with one attached hydrogen (secondary N) is 3. The number of benzene rings is 1. The fourth-order valence-electron chi connectivity index (χ4n) is 3.59. The van der Waals surface area contributed by atoms with Crippen LogP contribution in [0.25, 0.3) is 10.9 Å². The van der Waals surface area contributed by atoms with Crippen LogP contribution in [0, 0.1) is 6.92 Å². The Morgan fingerprint density at radius 1 is 1.28 bits per heavy atom. The second kappa shape index (κ2) is 10.6. The summed E-state index contributed by atoms with van der Waals surface area (Å²) in [5, 5.41) is 12.5. The third-order valence-corrected chi connectivity index (χ3v) is 5.11. The summed E-state index contributed by atoms with van der Waals surface area (Å²) in [5.41, 5.74) is 4.97. The van der Waals surface area contributed by atoms with Gasteiger partial charge in [-0.25, -0.2) is 0 Å². The summed E-state index contributed by atoms with van der Waals surface area (Å²) in [6.07, 6.45) is 4.92. The molecule has 0 radical (unpaired) electrons. The monoisotopic (exact) mass is 509 g/mol. The molecular formula is C21H32IN7. The summed E-state index contributed by atoms with van der Waals surface area (Å²) in [5.74, 6) is 0.813. The number of aromatic nitrogens is 3. The predicted molar refractivity (Wildman–Crippen MR) is 131 cm³/mol. The van der Waals surface area contributed by atoms with Gasteiger partial charge < -0.3 is 20.5 Å². The van der Waals surface area contributed by atoms with Crippen molar-refractivity contribution in [1.29, 1.82) is 0 Å². The van der Waals surface area contributed by atoms with E-state index in [1.54, 1.807) is 7.05 Å². The van der Waals surface area contributed by atoms with Gasteiger partial charge in [-0.05, 0) is 39.1 Å². The number of aromatic amines is 1. The van der Waals surface area contributed by atoms with Crippen LogP contribution in [0.3, 0.4) is 0 Å². The average molecular weight is 509 g/mol. The summed E-state index contributed by atoms with van der Waals surface area (Å²) >= 11 is 0. The third kappa shape index (κ3) is 5.72. The van der Waals surface area contributed by atoms with Crippen LogP contribution in [0.5, 0.6) is 0 Å². The lowest BCUT2D eigenvalue weighted by Gasteiger charge is -2.24. The standard InChI is InChI=1S/C21H31N7.HI/c1-15-17(18-8-6-7-9-19(18)26-15)10-11-23-21(22-2)24-13-20(27(3)4)16-12-25-28(5)14-16;/h6-9,12,14,20,26H,10-11,13H2,1-5H3,(H2,22,23,24);1H. The first-order chi connectivity index (χ1) is 13.5. The van der Waals surface area contributed by atoms with Crippen molar-refractivity contribution in [1.82, 2.24) is 30.3 Å². The number of aliphatic imine (C=N–C) groups is 1. The van der Waals surface area contributed by atoms with E-state index in [2.05, 4.69) is 82.1 Å². The normalized spacial score (nSPS) is 12.8. The molecule has 0 aliphatic carbocycles. The molecule has 0 aliphatic rings. The van der Waals surface area contributed by atoms with Crippen molar-refractivity contribution >= 4 is 40.8 Å². The van der Waals surface area contributed by atoms with E-state index in [0.29, 0.717) is 0 Å². The highest BCUT2D eigenvalue weighted by Crippen LogP contribution is 2.22. The van der Waals surface area contributed by atoms with Gasteiger partial charge in [-0.15, -0.1) is 24.0 Å². The molecule has 8 heteroatoms. The lowest BCUT2D eigenvalue weighted by molar-refractivity contribution is 0.298. The van der Waals surface area contributed by atoms with Crippen LogP contribution in [0.15, 0.2) is 41.7 Å². The van der Waals surface area contributed by atoms with E-state index < -0.39 is 0 Å². The van der Waals surface area contributed by atoms with Gasteiger partial charge in [-0.3, -0.25) is 9.67 Å². The molecule has 2 heterocycles. The molecule has 1 atom stereocenters. The van der Waals surface area contributed by atoms with E-state index in [0.717, 1.165) is 25.5 Å². The highest BCUT2D eigenvalue weighted by atomic mass is 127. The number of H-pyrrole nitrogens is 1. The number of fused-ring (bicyclic) bond motifs is 1. The molecule has 3 aromatic rings. The fraction of sp³-hybridized carbons (Fsp3) is 0.429. The highest BCUT2D eigenvalue weighted by molar-refractivity contribution is 14.0. The molecule has 2 aromatic heterocycles. The van der Waals surface area contributed by atoms with E-state index in [1.165, 1.54) is 27.7 Å². The van der Waals surface area contributed by atoms with Crippen LogP contribution in [0.4, 0.5) is 0 Å². The highest BCUT2D eigenvalue weighted by Gasteiger charge is 2.16. The Morgan fingerprint density at radius 2 is 2.03 bits per heavy atom. The summed E-state index contributed by atoms with van der Waals surface area (Å²) in [7, 11) is 7.91. The zero-order valence-electron chi connectivity index (χ0n) is 17.9. The maximum Gasteiger partial charge on any atom is 0.191 e. The Balaban J connectivity index is 0.00000300. The van der Waals surface area contributed by atoms with E-state index in [9.17, 15) is 0 Å². The van der Waals surface area contributed by atoms with Crippen LogP contribution in [-0.4, -0.2) is 59.9 Å². The number of hydrogen-bond acceptors (Lipinski definition) is 3. The first-order valence-electron chi connectivity index (χ1n) is 9.65. The van der Waals surface area contributed by atoms with Gasteiger partial charge in [0.1, 0.15) is 0 Å². The smallest absolute Gasteiger partial charge is 0.191 e. The number of para-hydroxylation sites is 1. The molecule has 0 aliphatic heterocycles. The lowest BCUT2D eigenvalue weighted by atomic mass is 10.1. The SMILES string of the molecule is CN=C(NCCc1c(C)[nH]c2ccccc12)NCC(c1cnn(C)c1)N(C)C.I. The minimum atomic E-state index is 0. The fourth-order valence-corrected chi connectivity index (χ4v) is 3.59. The van der Waals surface area contributed by atoms with E-state index in [1.807, 2.05) is 17.9 Å². The molecule has 0 spiro atoms. The zero-order valence-corrected chi connectivity index (χ0v) is 20.2. The van der Waals surface area contributed by atoms with Crippen molar-refractivity contribution in [2.75, 3.05) is 34.2 Å². The number of guanidine groups is 1. The summed E-state index contributed by atoms with van der Waals surface area (Å²) in [6, 6.07) is 8.68. The molecule has 0 amide bonds. The van der Waals surface area contributed by atoms with Crippen molar-refractivity contribution < 1.29 is 0 Å². The molecule has 1 aromatic carbocycles. The number of likely N-dealkylation sites (N-methyl/N-ethyl adjacent to an activating group) is 1. The third-order valence-electron chi connectivity index (χ3n) is 5.11. The first-order valence-corrected chi connectivity index (χ1v) is 9.65. The molecule has 0 saturated heterocycles. The van der Waals surface area contributed by atoms with Gasteiger partial charge in [0.2, 0.25) is 0 Å². The molecule has 29 heavy (non-hydrogen) atoms. The number of hydrogen-bond donors (Lipinski definition) is 3. The minimum absolute atomic E-state index is 0. The van der Waals surface area contributed by atoms with Crippen LogP contribution in [-0.2, 0) is 13.5 Å². The predicted octanol–water partition coefficient (Wildman–Crippen LogP) is 2.84. The summed E-state index contributed by atoms with van der Waals surface area (Å²) in [6.45, 7) is 3.71. The first kappa shape index (κ1) is 23.2. The van der Waals surface area contributed by atoms with Gasteiger partial charge in [0.25, 0.3) is 0 Å². The van der Waals surface area contributed by atoms with Crippen molar-refractivity contribution in [3.05, 3.63) is 53.5 Å². The maximum atomic E-state index is 4.37. The summed E-state index contributed by atoms with van der Waals surface area (Å²) < 4.78 is 1.84. The molecule has 0 bridgehead atoms. The van der Waals surface area contributed by atoms with Gasteiger partial charge in [0.05, 0.1) is 12.2 Å². The second-order valence-corrected chi connectivity index (χ2v) is 7.33. The van der Waals surface area contributed by atoms with Gasteiger partial charge in [0.15, 0.2) is 5.96 Å². The largest absolute Gasteiger partial charge is 0.358 e. The van der Waals surface area contributed by atoms with E-state index >= 15 is 0 Å². The second-order valence-electron chi connectivity index (χ2n) is 7.33. The van der Waals surface area contributed by atoms with Gasteiger partial charge in [-0.2, -0.15) is 5.10 Å². The molecule has 3 N–H and O–H groups in total. The number of halogens is 1. The Morgan fingerprint density at radius 3 is 2.69 bits per heavy atom. The van der Waals surface area contributed by atoms with Gasteiger partial charge in [0, 0.05) is 55.5 Å². The molecule has 158 valence electrons. The number of rotatable bonds is 7. The molecule has 3 rings (SSSR count). The minimum Gasteiger partial charge on any atom is -0.358 e. The van der Waals surface area contributed by atoms with Crippen molar-refractivity contribution in [2.45, 2.75) is 19.4 Å². The molecule has 7 nitrogen and oxygen atoms in total. The van der Waals surface area contributed by atoms with Crippen molar-refractivity contribution in [3.63, 3.8) is 0 Å². The van der Waals surface area contributed by atoms with Gasteiger partial charge >= 0.3 is 0 Å². The maximum absolute atomic E-state index is 4.37. The molecule has 1 unspecified atom stereocenters. The summed E-state index contributed by atoms with van der Waals surface area (Å²) in [4.78, 5) is 10.0. The Bertz CT molecular complexity index is 942. The van der Waals surface area contributed by atoms with Crippen LogP contribution >= 0.6 is 24.0 Å². The Kier molecular flexibility index (Phi) is 8.51. The van der Waals surface area contributed by atoms with E-state index in [-0.39, 0.29) is 30.0 Å². The van der Waals surface area contributed by atoms with Crippen LogP contribution in [0.2, 0.25) is 0 Å². The lowest BCUT2D eigenvalue weighted by Crippen LogP contribution is -2.42. The van der Waals surface area contributed by atoms with Crippen LogP contribution in [0.1, 0.15) is 22.9 Å². The molecule has 0 saturated carbocycles. The Labute approximate surface area is 190 Å². The number of nitrogens with zero attached hydrogens (tertiary/aromatic N) is 4. The zero-order chi connectivity index (χ0) is 20.1. The molecular weight excluding hydrogens is 477 g/mol. The van der Waals surface area contributed by atoms with Gasteiger partial charge in [-0.1, -0.05) is 18.2 Å². The topological polar surface area (TPSA) is 73.3 Å². The van der Waals surface area contributed by atoms with Crippen LogP contribution < -0.4 is 10.6 Å². The quantitative estimate of drug-likeness (QED) is 0.260.